The first-order chi connectivity index (χ1) is 14.7. The molecule has 4 aliphatic heterocycles. The molecular formula is C22H26N4O3S. The molecule has 4 aliphatic rings. The van der Waals surface area contributed by atoms with Crippen molar-refractivity contribution in [1.29, 1.82) is 0 Å². The maximum absolute atomic E-state index is 13.3. The third-order valence-corrected chi connectivity index (χ3v) is 8.08. The van der Waals surface area contributed by atoms with E-state index in [1.807, 2.05) is 15.5 Å². The van der Waals surface area contributed by atoms with E-state index in [0.717, 1.165) is 57.1 Å². The normalized spacial score (nSPS) is 30.3. The molecule has 2 bridgehead atoms. The Morgan fingerprint density at radius 3 is 2.73 bits per heavy atom. The molecule has 0 spiro atoms. The number of amides is 1. The summed E-state index contributed by atoms with van der Waals surface area (Å²) in [5.74, 6) is 1.91. The third-order valence-electron chi connectivity index (χ3n) is 7.32. The molecular weight excluding hydrogens is 400 g/mol. The number of nitrogens with zero attached hydrogens (tertiary/aromatic N) is 4. The van der Waals surface area contributed by atoms with Gasteiger partial charge in [-0.1, -0.05) is 6.07 Å². The first kappa shape index (κ1) is 18.7. The minimum Gasteiger partial charge on any atom is -0.381 e. The predicted octanol–water partition coefficient (Wildman–Crippen LogP) is 1.64. The number of aromatic nitrogens is 2. The lowest BCUT2D eigenvalue weighted by Gasteiger charge is -2.42. The Balaban J connectivity index is 1.22. The van der Waals surface area contributed by atoms with Crippen LogP contribution in [0.3, 0.4) is 0 Å². The number of pyridine rings is 1. The van der Waals surface area contributed by atoms with Crippen LogP contribution in [0.4, 0.5) is 0 Å². The molecule has 7 nitrogen and oxygen atoms in total. The molecule has 0 N–H and O–H groups in total. The number of fused-ring (bicyclic) bond motifs is 5. The highest BCUT2D eigenvalue weighted by atomic mass is 32.1. The largest absolute Gasteiger partial charge is 0.381 e. The number of ether oxygens (including phenoxy) is 1. The number of rotatable bonds is 3. The summed E-state index contributed by atoms with van der Waals surface area (Å²) in [7, 11) is 0. The van der Waals surface area contributed by atoms with E-state index in [0.29, 0.717) is 35.7 Å². The predicted molar refractivity (Wildman–Crippen MR) is 113 cm³/mol. The Morgan fingerprint density at radius 2 is 1.97 bits per heavy atom. The van der Waals surface area contributed by atoms with Gasteiger partial charge in [-0.05, 0) is 18.4 Å². The Labute approximate surface area is 179 Å². The molecule has 8 heteroatoms. The van der Waals surface area contributed by atoms with E-state index in [-0.39, 0.29) is 17.4 Å². The monoisotopic (exact) mass is 426 g/mol. The number of carbonyl (C=O) groups excluding carboxylic acids is 1. The zero-order valence-corrected chi connectivity index (χ0v) is 17.7. The van der Waals surface area contributed by atoms with Crippen molar-refractivity contribution < 1.29 is 9.53 Å². The second-order valence-electron chi connectivity index (χ2n) is 9.33. The first-order valence-electron chi connectivity index (χ1n) is 10.9. The van der Waals surface area contributed by atoms with Crippen LogP contribution in [0.25, 0.3) is 0 Å². The second kappa shape index (κ2) is 7.28. The quantitative estimate of drug-likeness (QED) is 0.747. The van der Waals surface area contributed by atoms with Crippen molar-refractivity contribution in [1.82, 2.24) is 19.4 Å². The number of hydrogen-bond acceptors (Lipinski definition) is 6. The molecule has 6 rings (SSSR count). The highest BCUT2D eigenvalue weighted by Crippen LogP contribution is 2.36. The Morgan fingerprint density at radius 1 is 1.13 bits per heavy atom. The summed E-state index contributed by atoms with van der Waals surface area (Å²) in [6, 6.07) is 4.17. The molecule has 4 atom stereocenters. The van der Waals surface area contributed by atoms with E-state index in [9.17, 15) is 9.59 Å². The van der Waals surface area contributed by atoms with Gasteiger partial charge in [0.15, 0.2) is 0 Å². The van der Waals surface area contributed by atoms with Crippen LogP contribution in [-0.4, -0.2) is 64.7 Å². The summed E-state index contributed by atoms with van der Waals surface area (Å²) in [5.41, 5.74) is 3.86. The van der Waals surface area contributed by atoms with Gasteiger partial charge in [0.05, 0.1) is 24.9 Å². The minimum atomic E-state index is 0.0724. The van der Waals surface area contributed by atoms with Crippen LogP contribution >= 0.6 is 11.3 Å². The van der Waals surface area contributed by atoms with Crippen LogP contribution in [0.1, 0.15) is 33.3 Å². The molecule has 0 unspecified atom stereocenters. The van der Waals surface area contributed by atoms with Gasteiger partial charge in [-0.25, -0.2) is 0 Å². The zero-order valence-electron chi connectivity index (χ0n) is 16.9. The van der Waals surface area contributed by atoms with Crippen LogP contribution in [0.2, 0.25) is 0 Å². The fourth-order valence-corrected chi connectivity index (χ4v) is 6.50. The van der Waals surface area contributed by atoms with Gasteiger partial charge in [-0.3, -0.25) is 19.5 Å². The van der Waals surface area contributed by atoms with E-state index in [4.69, 9.17) is 4.74 Å². The smallest absolute Gasteiger partial charge is 0.265 e. The van der Waals surface area contributed by atoms with Crippen molar-refractivity contribution >= 4 is 17.2 Å². The number of likely N-dealkylation sites (tertiary alicyclic amines) is 2. The van der Waals surface area contributed by atoms with Gasteiger partial charge in [0, 0.05) is 68.3 Å². The van der Waals surface area contributed by atoms with Gasteiger partial charge in [0.25, 0.3) is 11.5 Å². The fourth-order valence-electron chi connectivity index (χ4n) is 5.91. The number of hydrogen-bond donors (Lipinski definition) is 0. The first-order valence-corrected chi connectivity index (χ1v) is 11.7. The molecule has 30 heavy (non-hydrogen) atoms. The lowest BCUT2D eigenvalue weighted by atomic mass is 9.83. The van der Waals surface area contributed by atoms with Crippen molar-refractivity contribution in [2.75, 3.05) is 39.4 Å². The van der Waals surface area contributed by atoms with E-state index < -0.39 is 0 Å². The SMILES string of the molecule is O=C(c1cncs1)N1C[C@@H]2C[C@H](C1)c1ccc(CN3C[C@H]4COC[C@H]4C3)c(=O)n1C2. The zero-order chi connectivity index (χ0) is 20.2. The summed E-state index contributed by atoms with van der Waals surface area (Å²) in [4.78, 5) is 35.2. The van der Waals surface area contributed by atoms with Gasteiger partial charge in [-0.2, -0.15) is 0 Å². The van der Waals surface area contributed by atoms with Crippen molar-refractivity contribution in [3.8, 4) is 0 Å². The van der Waals surface area contributed by atoms with E-state index in [1.165, 1.54) is 11.3 Å². The Kier molecular flexibility index (Phi) is 4.54. The van der Waals surface area contributed by atoms with Crippen LogP contribution in [0.5, 0.6) is 0 Å². The van der Waals surface area contributed by atoms with Crippen molar-refractivity contribution in [2.45, 2.75) is 25.4 Å². The standard InChI is InChI=1S/C22H26N4O3S/c27-21-15(7-24-8-17-11-29-12-18(17)9-24)1-2-19-16-3-14(6-26(19)21)5-25(10-16)22(28)20-4-23-13-30-20/h1-2,4,13-14,16-18H,3,5-12H2/t14-,16+,17-,18+/m0/s1. The Bertz CT molecular complexity index is 1010. The highest BCUT2D eigenvalue weighted by molar-refractivity contribution is 7.11. The lowest BCUT2D eigenvalue weighted by Crippen LogP contribution is -2.49. The maximum atomic E-state index is 13.3. The topological polar surface area (TPSA) is 67.7 Å². The van der Waals surface area contributed by atoms with Gasteiger partial charge in [0.1, 0.15) is 4.88 Å². The van der Waals surface area contributed by atoms with Crippen molar-refractivity contribution in [2.24, 2.45) is 17.8 Å². The average Bonchev–Trinajstić information content (AvgIpc) is 3.47. The minimum absolute atomic E-state index is 0.0724. The van der Waals surface area contributed by atoms with Crippen molar-refractivity contribution in [3.05, 3.63) is 50.3 Å². The molecule has 0 saturated carbocycles. The molecule has 158 valence electrons. The van der Waals surface area contributed by atoms with Crippen LogP contribution in [0.15, 0.2) is 28.6 Å². The maximum Gasteiger partial charge on any atom is 0.265 e. The average molecular weight is 427 g/mol. The van der Waals surface area contributed by atoms with Crippen LogP contribution in [-0.2, 0) is 17.8 Å². The summed E-state index contributed by atoms with van der Waals surface area (Å²) in [5, 5.41) is 0. The van der Waals surface area contributed by atoms with E-state index in [1.54, 1.807) is 11.7 Å². The molecule has 3 saturated heterocycles. The second-order valence-corrected chi connectivity index (χ2v) is 10.2. The molecule has 6 heterocycles. The summed E-state index contributed by atoms with van der Waals surface area (Å²) >= 11 is 1.39. The summed E-state index contributed by atoms with van der Waals surface area (Å²) < 4.78 is 7.58. The van der Waals surface area contributed by atoms with E-state index in [2.05, 4.69) is 16.0 Å². The number of piperidine rings is 1. The van der Waals surface area contributed by atoms with Crippen molar-refractivity contribution in [3.63, 3.8) is 0 Å². The molecule has 1 amide bonds. The van der Waals surface area contributed by atoms with Gasteiger partial charge >= 0.3 is 0 Å². The van der Waals surface area contributed by atoms with Crippen LogP contribution in [0, 0.1) is 17.8 Å². The Hall–Kier alpha value is -2.03. The number of carbonyl (C=O) groups is 1. The molecule has 0 aromatic carbocycles. The summed E-state index contributed by atoms with van der Waals surface area (Å²) in [6.45, 7) is 6.65. The van der Waals surface area contributed by atoms with Gasteiger partial charge < -0.3 is 14.2 Å². The third kappa shape index (κ3) is 3.13. The molecule has 0 radical (unpaired) electrons. The molecule has 0 aliphatic carbocycles. The molecule has 3 fully saturated rings. The van der Waals surface area contributed by atoms with Crippen LogP contribution < -0.4 is 5.56 Å². The molecule has 2 aromatic heterocycles. The van der Waals surface area contributed by atoms with E-state index >= 15 is 0 Å². The summed E-state index contributed by atoms with van der Waals surface area (Å²) in [6.07, 6.45) is 2.71. The highest BCUT2D eigenvalue weighted by Gasteiger charge is 2.39. The lowest BCUT2D eigenvalue weighted by molar-refractivity contribution is 0.0598. The van der Waals surface area contributed by atoms with Gasteiger partial charge in [0.2, 0.25) is 0 Å². The van der Waals surface area contributed by atoms with Gasteiger partial charge in [-0.15, -0.1) is 11.3 Å². The number of thiazole rings is 1. The molecule has 2 aromatic rings. The fraction of sp³-hybridized carbons (Fsp3) is 0.591.